The average Bonchev–Trinajstić information content (AvgIpc) is 3.93. The lowest BCUT2D eigenvalue weighted by molar-refractivity contribution is -0.145. The number of carbonyl (C=O) groups is 7. The van der Waals surface area contributed by atoms with Gasteiger partial charge in [0.1, 0.15) is 60.1 Å². The molecule has 2 saturated heterocycles. The number of hydrogen-bond acceptors (Lipinski definition) is 11. The Labute approximate surface area is 455 Å². The summed E-state index contributed by atoms with van der Waals surface area (Å²) in [6.45, 7) is 2.60. The molecule has 7 atom stereocenters. The Morgan fingerprint density at radius 2 is 1.08 bits per heavy atom. The molecule has 2 aliphatic rings. The van der Waals surface area contributed by atoms with E-state index in [1.807, 2.05) is 42.5 Å². The lowest BCUT2D eigenvalue weighted by Crippen LogP contribution is -2.62. The molecule has 0 aromatic heterocycles. The standard InChI is InChI=1S/C60H72N8O10/c1-4-62-54(69)46-31-33-68-53(46)59(74)66-50(34-39-16-8-5-9-17-39)57(72)64-48(29-25-43-37-45(76-2)28-30-52(43)77-3)56(71)63-47(22-14-15-32-61)55(70)65-49(58(73)67-51(60(68)75)36-40-18-10-6-11-19-40)35-41-23-26-44(27-24-41)78-38-42-20-12-7-13-21-42/h5-13,16-21,23-24,26-28,30,37,46-51,53H,4,14-15,22,25,29,31-36,38,61H2,1-3H3,(H,62,69)(H,63,71)(H,64,72)(H,65,70)(H,66,74)(H,67,73)/t46?,47-,48-,49-,50-,51-,53-/m0/s1. The van der Waals surface area contributed by atoms with Crippen LogP contribution in [0.4, 0.5) is 0 Å². The lowest BCUT2D eigenvalue weighted by Gasteiger charge is -2.33. The van der Waals surface area contributed by atoms with Crippen LogP contribution >= 0.6 is 0 Å². The van der Waals surface area contributed by atoms with Gasteiger partial charge >= 0.3 is 0 Å². The summed E-state index contributed by atoms with van der Waals surface area (Å²) in [4.78, 5) is 105. The molecule has 0 radical (unpaired) electrons. The van der Waals surface area contributed by atoms with Crippen molar-refractivity contribution in [2.75, 3.05) is 33.9 Å². The fourth-order valence-electron chi connectivity index (χ4n) is 9.91. The van der Waals surface area contributed by atoms with Gasteiger partial charge < -0.3 is 56.7 Å². The van der Waals surface area contributed by atoms with E-state index in [1.54, 1.807) is 97.9 Å². The second kappa shape index (κ2) is 28.8. The van der Waals surface area contributed by atoms with Crippen LogP contribution in [0.15, 0.2) is 133 Å². The normalized spacial score (nSPS) is 21.3. The van der Waals surface area contributed by atoms with Crippen molar-refractivity contribution in [1.29, 1.82) is 0 Å². The number of ether oxygens (including phenoxy) is 3. The minimum Gasteiger partial charge on any atom is -0.497 e. The van der Waals surface area contributed by atoms with Crippen LogP contribution in [-0.4, -0.2) is 116 Å². The van der Waals surface area contributed by atoms with E-state index in [-0.39, 0.29) is 58.0 Å². The largest absolute Gasteiger partial charge is 0.497 e. The van der Waals surface area contributed by atoms with Crippen molar-refractivity contribution >= 4 is 41.4 Å². The molecule has 2 fully saturated rings. The SMILES string of the molecule is CCNC(=O)C1CCN2C(=O)[C@H](Cc3ccccc3)NC(=O)[C@H](Cc3ccc(OCc4ccccc4)cc3)NC(=O)[C@H](CCCCN)NC(=O)[C@H](CCc3cc(OC)ccc3OC)NC(=O)[C@H](Cc3ccccc3)NC(=O)[C@H]12. The number of unbranched alkanes of at least 4 members (excludes halogenated alkanes) is 1. The quantitative estimate of drug-likeness (QED) is 0.0552. The molecule has 0 spiro atoms. The van der Waals surface area contributed by atoms with Crippen LogP contribution in [0.25, 0.3) is 0 Å². The van der Waals surface area contributed by atoms with E-state index in [0.717, 1.165) is 5.56 Å². The van der Waals surface area contributed by atoms with Crippen LogP contribution in [0, 0.1) is 5.92 Å². The van der Waals surface area contributed by atoms with E-state index >= 15 is 14.4 Å². The maximum atomic E-state index is 15.3. The zero-order chi connectivity index (χ0) is 55.4. The van der Waals surface area contributed by atoms with Crippen molar-refractivity contribution in [1.82, 2.24) is 36.8 Å². The van der Waals surface area contributed by atoms with E-state index in [9.17, 15) is 19.2 Å². The van der Waals surface area contributed by atoms with Gasteiger partial charge in [0.05, 0.1) is 20.1 Å². The molecule has 5 aromatic rings. The fraction of sp³-hybridized carbons (Fsp3) is 0.383. The predicted molar refractivity (Wildman–Crippen MR) is 294 cm³/mol. The predicted octanol–water partition coefficient (Wildman–Crippen LogP) is 3.86. The Balaban J connectivity index is 1.30. The Kier molecular flexibility index (Phi) is 21.2. The Morgan fingerprint density at radius 1 is 0.577 bits per heavy atom. The van der Waals surface area contributed by atoms with Gasteiger partial charge in [-0.3, -0.25) is 33.6 Å². The van der Waals surface area contributed by atoms with E-state index in [1.165, 1.54) is 19.1 Å². The van der Waals surface area contributed by atoms with Crippen molar-refractivity contribution in [3.63, 3.8) is 0 Å². The summed E-state index contributed by atoms with van der Waals surface area (Å²) in [6.07, 6.45) is 1.22. The van der Waals surface area contributed by atoms with Crippen LogP contribution in [-0.2, 0) is 65.9 Å². The van der Waals surface area contributed by atoms with Gasteiger partial charge in [0.25, 0.3) is 0 Å². The van der Waals surface area contributed by atoms with Gasteiger partial charge in [-0.2, -0.15) is 0 Å². The van der Waals surface area contributed by atoms with Crippen molar-refractivity contribution in [2.45, 2.75) is 108 Å². The third-order valence-electron chi connectivity index (χ3n) is 14.1. The molecule has 7 amide bonds. The molecular formula is C60H72N8O10. The molecule has 2 aliphatic heterocycles. The summed E-state index contributed by atoms with van der Waals surface area (Å²) < 4.78 is 17.2. The molecule has 18 nitrogen and oxygen atoms in total. The molecular weight excluding hydrogens is 993 g/mol. The zero-order valence-corrected chi connectivity index (χ0v) is 44.5. The highest BCUT2D eigenvalue weighted by atomic mass is 16.5. The van der Waals surface area contributed by atoms with Gasteiger partial charge in [-0.1, -0.05) is 103 Å². The minimum atomic E-state index is -1.42. The molecule has 0 bridgehead atoms. The van der Waals surface area contributed by atoms with E-state index in [4.69, 9.17) is 19.9 Å². The number of benzene rings is 5. The first-order valence-corrected chi connectivity index (χ1v) is 26.7. The van der Waals surface area contributed by atoms with Crippen molar-refractivity contribution in [2.24, 2.45) is 11.7 Å². The third kappa shape index (κ3) is 15.9. The smallest absolute Gasteiger partial charge is 0.246 e. The van der Waals surface area contributed by atoms with Crippen LogP contribution in [0.2, 0.25) is 0 Å². The topological polar surface area (TPSA) is 249 Å². The summed E-state index contributed by atoms with van der Waals surface area (Å²) in [7, 11) is 3.04. The number of hydrogen-bond donors (Lipinski definition) is 7. The first kappa shape index (κ1) is 57.5. The molecule has 8 N–H and O–H groups in total. The Morgan fingerprint density at radius 3 is 1.64 bits per heavy atom. The van der Waals surface area contributed by atoms with E-state index in [2.05, 4.69) is 31.9 Å². The second-order valence-electron chi connectivity index (χ2n) is 19.6. The maximum absolute atomic E-state index is 15.3. The van der Waals surface area contributed by atoms with Crippen molar-refractivity contribution < 1.29 is 47.8 Å². The molecule has 18 heteroatoms. The maximum Gasteiger partial charge on any atom is 0.246 e. The van der Waals surface area contributed by atoms with Crippen molar-refractivity contribution in [3.8, 4) is 17.2 Å². The highest BCUT2D eigenvalue weighted by Crippen LogP contribution is 2.29. The summed E-state index contributed by atoms with van der Waals surface area (Å²) >= 11 is 0. The highest BCUT2D eigenvalue weighted by molar-refractivity contribution is 6.00. The Bertz CT molecular complexity index is 2800. The minimum absolute atomic E-state index is 0.00664. The van der Waals surface area contributed by atoms with Crippen molar-refractivity contribution in [3.05, 3.63) is 161 Å². The number of carbonyl (C=O) groups excluding carboxylic acids is 7. The lowest BCUT2D eigenvalue weighted by atomic mass is 9.96. The molecule has 0 aliphatic carbocycles. The number of methoxy groups -OCH3 is 2. The van der Waals surface area contributed by atoms with Gasteiger partial charge in [-0.25, -0.2) is 0 Å². The van der Waals surface area contributed by atoms with Gasteiger partial charge in [-0.05, 0) is 110 Å². The molecule has 5 aromatic carbocycles. The monoisotopic (exact) mass is 1060 g/mol. The molecule has 2 heterocycles. The third-order valence-corrected chi connectivity index (χ3v) is 14.1. The second-order valence-corrected chi connectivity index (χ2v) is 19.6. The number of aryl methyl sites for hydroxylation is 1. The number of amides is 7. The summed E-state index contributed by atoms with van der Waals surface area (Å²) in [5.74, 6) is -4.13. The average molecular weight is 1070 g/mol. The van der Waals surface area contributed by atoms with E-state index in [0.29, 0.717) is 65.5 Å². The summed E-state index contributed by atoms with van der Waals surface area (Å²) in [5.41, 5.74) is 9.56. The fourth-order valence-corrected chi connectivity index (χ4v) is 9.91. The molecule has 412 valence electrons. The number of nitrogens with one attached hydrogen (secondary N) is 6. The summed E-state index contributed by atoms with van der Waals surface area (Å²) in [6, 6.07) is 32.1. The van der Waals surface area contributed by atoms with Gasteiger partial charge in [0.15, 0.2) is 0 Å². The molecule has 0 saturated carbocycles. The first-order valence-electron chi connectivity index (χ1n) is 26.7. The Hall–Kier alpha value is -8.25. The van der Waals surface area contributed by atoms with Crippen LogP contribution in [0.5, 0.6) is 17.2 Å². The van der Waals surface area contributed by atoms with Crippen LogP contribution in [0.3, 0.4) is 0 Å². The first-order chi connectivity index (χ1) is 37.9. The number of nitrogens with two attached hydrogens (primary N) is 1. The molecule has 1 unspecified atom stereocenters. The number of nitrogens with zero attached hydrogens (tertiary/aromatic N) is 1. The zero-order valence-electron chi connectivity index (χ0n) is 44.5. The van der Waals surface area contributed by atoms with Crippen LogP contribution < -0.4 is 51.8 Å². The highest BCUT2D eigenvalue weighted by Gasteiger charge is 2.48. The van der Waals surface area contributed by atoms with E-state index < -0.39 is 83.5 Å². The molecule has 7 rings (SSSR count). The van der Waals surface area contributed by atoms with Crippen LogP contribution in [0.1, 0.15) is 66.8 Å². The van der Waals surface area contributed by atoms with Gasteiger partial charge in [-0.15, -0.1) is 0 Å². The summed E-state index contributed by atoms with van der Waals surface area (Å²) in [5, 5.41) is 17.4. The number of fused-ring (bicyclic) bond motifs is 1. The van der Waals surface area contributed by atoms with Gasteiger partial charge in [0.2, 0.25) is 41.4 Å². The molecule has 78 heavy (non-hydrogen) atoms. The number of rotatable bonds is 20. The van der Waals surface area contributed by atoms with Gasteiger partial charge in [0, 0.05) is 32.4 Å².